The number of hydrogen-bond acceptors (Lipinski definition) is 3. The summed E-state index contributed by atoms with van der Waals surface area (Å²) in [7, 11) is 0. The predicted octanol–water partition coefficient (Wildman–Crippen LogP) is 3.57. The fourth-order valence-corrected chi connectivity index (χ4v) is 4.13. The highest BCUT2D eigenvalue weighted by atomic mass is 35.5. The van der Waals surface area contributed by atoms with Crippen molar-refractivity contribution in [2.24, 2.45) is 11.3 Å². The highest BCUT2D eigenvalue weighted by Crippen LogP contribution is 2.44. The van der Waals surface area contributed by atoms with E-state index in [1.165, 1.54) is 17.2 Å². The Bertz CT molecular complexity index is 756. The highest BCUT2D eigenvalue weighted by Gasteiger charge is 2.49. The van der Waals surface area contributed by atoms with Crippen LogP contribution in [-0.4, -0.2) is 28.8 Å². The lowest BCUT2D eigenvalue weighted by molar-refractivity contribution is -0.128. The van der Waals surface area contributed by atoms with E-state index in [1.54, 1.807) is 30.6 Å². The summed E-state index contributed by atoms with van der Waals surface area (Å²) in [5.74, 6) is 0.00150. The molecule has 2 fully saturated rings. The van der Waals surface area contributed by atoms with E-state index in [9.17, 15) is 9.18 Å². The van der Waals surface area contributed by atoms with Crippen LogP contribution in [0.3, 0.4) is 0 Å². The number of benzene rings is 1. The molecule has 2 aromatic rings. The molecule has 2 N–H and O–H groups in total. The SMILES string of the molecule is Cl.Cl.O=C(Nc1ccc(-n2cccn2)c(F)c1)[C@@]12CCCC[C@H]1CNC2. The van der Waals surface area contributed by atoms with Gasteiger partial charge < -0.3 is 10.6 Å². The number of carbonyl (C=O) groups is 1. The van der Waals surface area contributed by atoms with Crippen LogP contribution in [0.5, 0.6) is 0 Å². The summed E-state index contributed by atoms with van der Waals surface area (Å²) in [5.41, 5.74) is 0.531. The maximum atomic E-state index is 14.3. The van der Waals surface area contributed by atoms with Crippen LogP contribution >= 0.6 is 24.8 Å². The third-order valence-corrected chi connectivity index (χ3v) is 5.45. The fraction of sp³-hybridized carbons (Fsp3) is 0.444. The van der Waals surface area contributed by atoms with Gasteiger partial charge in [-0.15, -0.1) is 24.8 Å². The van der Waals surface area contributed by atoms with Gasteiger partial charge in [-0.2, -0.15) is 5.10 Å². The summed E-state index contributed by atoms with van der Waals surface area (Å²) in [6, 6.07) is 6.48. The number of hydrogen-bond donors (Lipinski definition) is 2. The molecule has 4 rings (SSSR count). The van der Waals surface area contributed by atoms with Gasteiger partial charge in [-0.3, -0.25) is 4.79 Å². The molecule has 0 bridgehead atoms. The van der Waals surface area contributed by atoms with Crippen molar-refractivity contribution in [1.82, 2.24) is 15.1 Å². The average Bonchev–Trinajstić information content (AvgIpc) is 3.25. The van der Waals surface area contributed by atoms with Crippen molar-refractivity contribution in [3.63, 3.8) is 0 Å². The third-order valence-electron chi connectivity index (χ3n) is 5.45. The normalized spacial score (nSPS) is 24.1. The second kappa shape index (κ2) is 8.37. The largest absolute Gasteiger partial charge is 0.325 e. The first-order valence-corrected chi connectivity index (χ1v) is 8.51. The van der Waals surface area contributed by atoms with Gasteiger partial charge in [-0.25, -0.2) is 9.07 Å². The van der Waals surface area contributed by atoms with Crippen LogP contribution in [0.4, 0.5) is 10.1 Å². The first kappa shape index (κ1) is 20.7. The van der Waals surface area contributed by atoms with Crippen LogP contribution in [0.25, 0.3) is 5.69 Å². The number of anilines is 1. The van der Waals surface area contributed by atoms with Crippen LogP contribution in [0, 0.1) is 17.2 Å². The van der Waals surface area contributed by atoms with Gasteiger partial charge in [0.1, 0.15) is 5.69 Å². The van der Waals surface area contributed by atoms with E-state index in [2.05, 4.69) is 15.7 Å². The van der Waals surface area contributed by atoms with Crippen LogP contribution < -0.4 is 10.6 Å². The Kier molecular flexibility index (Phi) is 6.66. The van der Waals surface area contributed by atoms with Crippen molar-refractivity contribution in [3.05, 3.63) is 42.5 Å². The van der Waals surface area contributed by atoms with Crippen molar-refractivity contribution in [2.75, 3.05) is 18.4 Å². The summed E-state index contributed by atoms with van der Waals surface area (Å²) in [6.07, 6.45) is 7.56. The van der Waals surface area contributed by atoms with Gasteiger partial charge in [-0.05, 0) is 49.6 Å². The Balaban J connectivity index is 0.00000121. The van der Waals surface area contributed by atoms with Crippen LogP contribution in [0.2, 0.25) is 0 Å². The van der Waals surface area contributed by atoms with Gasteiger partial charge in [-0.1, -0.05) is 12.8 Å². The number of aromatic nitrogens is 2. The zero-order valence-electron chi connectivity index (χ0n) is 14.3. The van der Waals surface area contributed by atoms with Crippen LogP contribution in [0.1, 0.15) is 25.7 Å². The van der Waals surface area contributed by atoms with Crippen molar-refractivity contribution < 1.29 is 9.18 Å². The molecule has 2 aliphatic rings. The maximum Gasteiger partial charge on any atom is 0.232 e. The molecule has 1 aromatic carbocycles. The molecular weight excluding hydrogens is 378 g/mol. The van der Waals surface area contributed by atoms with E-state index in [0.29, 0.717) is 17.3 Å². The van der Waals surface area contributed by atoms with Gasteiger partial charge in [0.2, 0.25) is 5.91 Å². The molecule has 8 heteroatoms. The number of carbonyl (C=O) groups excluding carboxylic acids is 1. The zero-order valence-corrected chi connectivity index (χ0v) is 15.9. The van der Waals surface area contributed by atoms with Gasteiger partial charge in [0.25, 0.3) is 0 Å². The lowest BCUT2D eigenvalue weighted by Gasteiger charge is -2.37. The van der Waals surface area contributed by atoms with E-state index in [1.807, 2.05) is 0 Å². The first-order chi connectivity index (χ1) is 11.7. The number of halogens is 3. The molecule has 1 saturated carbocycles. The molecular formula is C18H23Cl2FN4O. The molecule has 0 unspecified atom stereocenters. The highest BCUT2D eigenvalue weighted by molar-refractivity contribution is 5.96. The quantitative estimate of drug-likeness (QED) is 0.827. The number of rotatable bonds is 3. The van der Waals surface area contributed by atoms with Crippen molar-refractivity contribution >= 4 is 36.4 Å². The van der Waals surface area contributed by atoms with Crippen molar-refractivity contribution in [1.29, 1.82) is 0 Å². The Labute approximate surface area is 164 Å². The monoisotopic (exact) mass is 400 g/mol. The minimum absolute atomic E-state index is 0. The summed E-state index contributed by atoms with van der Waals surface area (Å²) in [4.78, 5) is 12.9. The number of nitrogens with zero attached hydrogens (tertiary/aromatic N) is 2. The van der Waals surface area contributed by atoms with E-state index in [0.717, 1.165) is 32.4 Å². The molecule has 1 aromatic heterocycles. The topological polar surface area (TPSA) is 59.0 Å². The maximum absolute atomic E-state index is 14.3. The lowest BCUT2D eigenvalue weighted by atomic mass is 9.67. The van der Waals surface area contributed by atoms with E-state index in [-0.39, 0.29) is 36.1 Å². The van der Waals surface area contributed by atoms with E-state index in [4.69, 9.17) is 0 Å². The van der Waals surface area contributed by atoms with Gasteiger partial charge >= 0.3 is 0 Å². The second-order valence-corrected chi connectivity index (χ2v) is 6.80. The molecule has 2 heterocycles. The molecule has 1 amide bonds. The smallest absolute Gasteiger partial charge is 0.232 e. The van der Waals surface area contributed by atoms with Crippen molar-refractivity contribution in [2.45, 2.75) is 25.7 Å². The minimum Gasteiger partial charge on any atom is -0.325 e. The molecule has 2 atom stereocenters. The summed E-state index contributed by atoms with van der Waals surface area (Å²) >= 11 is 0. The molecule has 142 valence electrons. The van der Waals surface area contributed by atoms with Crippen LogP contribution in [0.15, 0.2) is 36.7 Å². The Morgan fingerprint density at radius 2 is 2.19 bits per heavy atom. The predicted molar refractivity (Wildman–Crippen MR) is 104 cm³/mol. The molecule has 26 heavy (non-hydrogen) atoms. The Hall–Kier alpha value is -1.63. The molecule has 0 spiro atoms. The second-order valence-electron chi connectivity index (χ2n) is 6.80. The minimum atomic E-state index is -0.404. The van der Waals surface area contributed by atoms with Gasteiger partial charge in [0, 0.05) is 24.6 Å². The number of fused-ring (bicyclic) bond motifs is 1. The van der Waals surface area contributed by atoms with Gasteiger partial charge in [0.15, 0.2) is 5.82 Å². The lowest BCUT2D eigenvalue weighted by Crippen LogP contribution is -2.44. The summed E-state index contributed by atoms with van der Waals surface area (Å²) < 4.78 is 15.8. The molecule has 1 aliphatic carbocycles. The summed E-state index contributed by atoms with van der Waals surface area (Å²) in [6.45, 7) is 1.62. The fourth-order valence-electron chi connectivity index (χ4n) is 4.13. The number of amides is 1. The Morgan fingerprint density at radius 1 is 1.35 bits per heavy atom. The van der Waals surface area contributed by atoms with E-state index < -0.39 is 5.82 Å². The third kappa shape index (κ3) is 3.59. The van der Waals surface area contributed by atoms with E-state index >= 15 is 0 Å². The standard InChI is InChI=1S/C18H21FN4O.2ClH/c19-15-10-14(5-6-16(15)23-9-3-8-21-23)22-17(24)18-7-2-1-4-13(18)11-20-12-18;;/h3,5-6,8-10,13,20H,1-2,4,7,11-12H2,(H,22,24);2*1H/t13-,18+;;/m0../s1. The zero-order chi connectivity index (χ0) is 16.6. The van der Waals surface area contributed by atoms with Crippen LogP contribution in [-0.2, 0) is 4.79 Å². The average molecular weight is 401 g/mol. The molecule has 1 aliphatic heterocycles. The summed E-state index contributed by atoms with van der Waals surface area (Å²) in [5, 5.41) is 10.3. The first-order valence-electron chi connectivity index (χ1n) is 8.51. The van der Waals surface area contributed by atoms with Crippen molar-refractivity contribution in [3.8, 4) is 5.69 Å². The number of nitrogens with one attached hydrogen (secondary N) is 2. The molecule has 5 nitrogen and oxygen atoms in total. The molecule has 1 saturated heterocycles. The molecule has 0 radical (unpaired) electrons. The Morgan fingerprint density at radius 3 is 2.92 bits per heavy atom. The van der Waals surface area contributed by atoms with Gasteiger partial charge in [0.05, 0.1) is 5.41 Å².